The summed E-state index contributed by atoms with van der Waals surface area (Å²) in [5, 5.41) is 13.5. The van der Waals surface area contributed by atoms with Gasteiger partial charge in [0.1, 0.15) is 0 Å². The molecule has 1 amide bonds. The van der Waals surface area contributed by atoms with Gasteiger partial charge in [0, 0.05) is 0 Å². The number of thioether (sulfide) groups is 2. The van der Waals surface area contributed by atoms with Gasteiger partial charge in [-0.15, -0.1) is 10.2 Å². The Kier molecular flexibility index (Phi) is 5.76. The van der Waals surface area contributed by atoms with Crippen LogP contribution in [0, 0.1) is 0 Å². The highest BCUT2D eigenvalue weighted by molar-refractivity contribution is 8.03. The number of nitrogens with zero attached hydrogens (tertiary/aromatic N) is 2. The number of aromatic nitrogens is 2. The van der Waals surface area contributed by atoms with Crippen LogP contribution in [0.2, 0.25) is 0 Å². The van der Waals surface area contributed by atoms with Crippen LogP contribution in [0.5, 0.6) is 0 Å². The number of benzene rings is 2. The summed E-state index contributed by atoms with van der Waals surface area (Å²) in [6, 6.07) is 14.4. The average Bonchev–Trinajstić information content (AvgIpc) is 3.07. The molecule has 0 aliphatic rings. The van der Waals surface area contributed by atoms with E-state index in [9.17, 15) is 4.79 Å². The second-order valence-electron chi connectivity index (χ2n) is 5.18. The number of amides is 1. The summed E-state index contributed by atoms with van der Waals surface area (Å²) in [4.78, 5) is 12.2. The van der Waals surface area contributed by atoms with Crippen LogP contribution in [-0.4, -0.2) is 28.1 Å². The second kappa shape index (κ2) is 8.00. The second-order valence-corrected chi connectivity index (χ2v) is 8.44. The number of hydrogen-bond acceptors (Lipinski definition) is 6. The molecule has 0 spiro atoms. The molecule has 0 aliphatic carbocycles. The third-order valence-corrected chi connectivity index (χ3v) is 6.59. The Labute approximate surface area is 153 Å². The highest BCUT2D eigenvalue weighted by Gasteiger charge is 2.13. The Bertz CT molecular complexity index is 844. The highest BCUT2D eigenvalue weighted by Crippen LogP contribution is 2.28. The van der Waals surface area contributed by atoms with Crippen LogP contribution < -0.4 is 5.32 Å². The van der Waals surface area contributed by atoms with Gasteiger partial charge in [-0.3, -0.25) is 4.79 Å². The molecule has 124 valence electrons. The molecule has 1 heterocycles. The van der Waals surface area contributed by atoms with E-state index in [1.165, 1.54) is 33.9 Å². The molecule has 1 atom stereocenters. The van der Waals surface area contributed by atoms with Gasteiger partial charge in [-0.1, -0.05) is 77.3 Å². The van der Waals surface area contributed by atoms with Crippen molar-refractivity contribution in [1.82, 2.24) is 15.5 Å². The van der Waals surface area contributed by atoms with E-state index in [1.54, 1.807) is 11.8 Å². The van der Waals surface area contributed by atoms with Crippen LogP contribution in [-0.2, 0) is 4.79 Å². The van der Waals surface area contributed by atoms with E-state index in [2.05, 4.69) is 39.8 Å². The van der Waals surface area contributed by atoms with Gasteiger partial charge in [-0.05, 0) is 29.5 Å². The zero-order valence-corrected chi connectivity index (χ0v) is 15.8. The number of fused-ring (bicyclic) bond motifs is 1. The third kappa shape index (κ3) is 4.09. The largest absolute Gasteiger partial charge is 0.349 e. The molecule has 1 aromatic heterocycles. The van der Waals surface area contributed by atoms with Gasteiger partial charge < -0.3 is 5.32 Å². The van der Waals surface area contributed by atoms with Crippen LogP contribution in [0.15, 0.2) is 51.1 Å². The number of carbonyl (C=O) groups excluding carboxylic acids is 1. The molecule has 4 nitrogen and oxygen atoms in total. The lowest BCUT2D eigenvalue weighted by Gasteiger charge is -2.16. The van der Waals surface area contributed by atoms with Gasteiger partial charge >= 0.3 is 0 Å². The Balaban J connectivity index is 1.63. The van der Waals surface area contributed by atoms with Crippen molar-refractivity contribution in [1.29, 1.82) is 0 Å². The number of carbonyl (C=O) groups is 1. The van der Waals surface area contributed by atoms with Crippen molar-refractivity contribution >= 4 is 51.5 Å². The topological polar surface area (TPSA) is 54.9 Å². The average molecular weight is 376 g/mol. The lowest BCUT2D eigenvalue weighted by atomic mass is 10.00. The molecular formula is C17H17N3OS3. The summed E-state index contributed by atoms with van der Waals surface area (Å²) in [5.41, 5.74) is 1.13. The van der Waals surface area contributed by atoms with E-state index >= 15 is 0 Å². The number of hydrogen-bond donors (Lipinski definition) is 1. The first kappa shape index (κ1) is 17.3. The Hall–Kier alpha value is -1.57. The van der Waals surface area contributed by atoms with Crippen LogP contribution >= 0.6 is 34.9 Å². The molecule has 7 heteroatoms. The fourth-order valence-corrected chi connectivity index (χ4v) is 4.70. The number of rotatable bonds is 6. The molecular weight excluding hydrogens is 358 g/mol. The molecule has 24 heavy (non-hydrogen) atoms. The first-order chi connectivity index (χ1) is 11.7. The lowest BCUT2D eigenvalue weighted by molar-refractivity contribution is -0.119. The summed E-state index contributed by atoms with van der Waals surface area (Å²) >= 11 is 4.50. The van der Waals surface area contributed by atoms with Gasteiger partial charge in [0.15, 0.2) is 8.68 Å². The van der Waals surface area contributed by atoms with Crippen LogP contribution in [0.25, 0.3) is 10.8 Å². The molecule has 0 aliphatic heterocycles. The summed E-state index contributed by atoms with van der Waals surface area (Å²) in [5.74, 6) is 0.347. The zero-order chi connectivity index (χ0) is 16.9. The molecule has 0 unspecified atom stereocenters. The van der Waals surface area contributed by atoms with Gasteiger partial charge in [0.05, 0.1) is 11.8 Å². The molecule has 0 radical (unpaired) electrons. The lowest BCUT2D eigenvalue weighted by Crippen LogP contribution is -2.28. The summed E-state index contributed by atoms with van der Waals surface area (Å²) in [6.45, 7) is 2.01. The molecule has 0 saturated heterocycles. The van der Waals surface area contributed by atoms with Crippen LogP contribution in [0.1, 0.15) is 18.5 Å². The van der Waals surface area contributed by atoms with E-state index in [-0.39, 0.29) is 11.9 Å². The van der Waals surface area contributed by atoms with Crippen molar-refractivity contribution < 1.29 is 4.79 Å². The predicted molar refractivity (Wildman–Crippen MR) is 103 cm³/mol. The Morgan fingerprint density at radius 3 is 2.71 bits per heavy atom. The predicted octanol–water partition coefficient (Wildman–Crippen LogP) is 4.38. The summed E-state index contributed by atoms with van der Waals surface area (Å²) in [6.07, 6.45) is 1.97. The van der Waals surface area contributed by atoms with Crippen molar-refractivity contribution in [3.63, 3.8) is 0 Å². The first-order valence-electron chi connectivity index (χ1n) is 7.44. The molecule has 0 saturated carbocycles. The monoisotopic (exact) mass is 375 g/mol. The smallest absolute Gasteiger partial charge is 0.230 e. The SMILES string of the molecule is CSc1nnc(SCC(=O)N[C@@H](C)c2cccc3ccccc23)s1. The zero-order valence-electron chi connectivity index (χ0n) is 13.4. The minimum absolute atomic E-state index is 0.00124. The quantitative estimate of drug-likeness (QED) is 0.648. The van der Waals surface area contributed by atoms with E-state index < -0.39 is 0 Å². The number of nitrogens with one attached hydrogen (secondary N) is 1. The molecule has 3 rings (SSSR count). The Morgan fingerprint density at radius 2 is 1.92 bits per heavy atom. The van der Waals surface area contributed by atoms with E-state index in [4.69, 9.17) is 0 Å². The van der Waals surface area contributed by atoms with Crippen LogP contribution in [0.3, 0.4) is 0 Å². The van der Waals surface area contributed by atoms with Crippen molar-refractivity contribution in [3.05, 3.63) is 48.0 Å². The van der Waals surface area contributed by atoms with Crippen molar-refractivity contribution in [2.75, 3.05) is 12.0 Å². The maximum atomic E-state index is 12.2. The maximum Gasteiger partial charge on any atom is 0.230 e. The molecule has 1 N–H and O–H groups in total. The van der Waals surface area contributed by atoms with Gasteiger partial charge in [-0.25, -0.2) is 0 Å². The van der Waals surface area contributed by atoms with Gasteiger partial charge in [0.25, 0.3) is 0 Å². The minimum atomic E-state index is -0.0413. The van der Waals surface area contributed by atoms with E-state index in [0.717, 1.165) is 14.2 Å². The van der Waals surface area contributed by atoms with E-state index in [0.29, 0.717) is 5.75 Å². The molecule has 2 aromatic carbocycles. The normalized spacial score (nSPS) is 12.2. The van der Waals surface area contributed by atoms with Crippen LogP contribution in [0.4, 0.5) is 0 Å². The first-order valence-corrected chi connectivity index (χ1v) is 10.5. The molecule has 0 fully saturated rings. The fourth-order valence-electron chi connectivity index (χ4n) is 2.45. The highest BCUT2D eigenvalue weighted by atomic mass is 32.2. The minimum Gasteiger partial charge on any atom is -0.349 e. The van der Waals surface area contributed by atoms with E-state index in [1.807, 2.05) is 31.4 Å². The maximum absolute atomic E-state index is 12.2. The van der Waals surface area contributed by atoms with Crippen molar-refractivity contribution in [2.24, 2.45) is 0 Å². The van der Waals surface area contributed by atoms with Gasteiger partial charge in [-0.2, -0.15) is 0 Å². The summed E-state index contributed by atoms with van der Waals surface area (Å²) in [7, 11) is 0. The Morgan fingerprint density at radius 1 is 1.17 bits per heavy atom. The van der Waals surface area contributed by atoms with Gasteiger partial charge in [0.2, 0.25) is 5.91 Å². The van der Waals surface area contributed by atoms with Crippen molar-refractivity contribution in [2.45, 2.75) is 21.6 Å². The molecule has 3 aromatic rings. The van der Waals surface area contributed by atoms with Crippen molar-refractivity contribution in [3.8, 4) is 0 Å². The summed E-state index contributed by atoms with van der Waals surface area (Å²) < 4.78 is 1.74. The molecule has 0 bridgehead atoms. The fraction of sp³-hybridized carbons (Fsp3) is 0.235. The third-order valence-electron chi connectivity index (χ3n) is 3.56. The standard InChI is InChI=1S/C17H17N3OS3/c1-11(13-9-5-7-12-6-3-4-8-14(12)13)18-15(21)10-23-17-20-19-16(22-2)24-17/h3-9,11H,10H2,1-2H3,(H,18,21)/t11-/m0/s1.